The van der Waals surface area contributed by atoms with Crippen LogP contribution in [0.15, 0.2) is 12.3 Å². The van der Waals surface area contributed by atoms with Crippen LogP contribution in [0.2, 0.25) is 0 Å². The van der Waals surface area contributed by atoms with E-state index in [-0.39, 0.29) is 12.0 Å². The minimum absolute atomic E-state index is 0.00878. The third-order valence-corrected chi connectivity index (χ3v) is 2.75. The predicted molar refractivity (Wildman–Crippen MR) is 67.9 cm³/mol. The van der Waals surface area contributed by atoms with Gasteiger partial charge >= 0.3 is 6.18 Å². The van der Waals surface area contributed by atoms with Crippen LogP contribution < -0.4 is 5.32 Å². The lowest BCUT2D eigenvalue weighted by Gasteiger charge is -2.23. The molecule has 0 amide bonds. The lowest BCUT2D eigenvalue weighted by atomic mass is 10.3. The van der Waals surface area contributed by atoms with E-state index in [1.165, 1.54) is 0 Å². The largest absolute Gasteiger partial charge is 0.433 e. The van der Waals surface area contributed by atoms with Crippen LogP contribution in [0.3, 0.4) is 0 Å². The SMILES string of the molecule is CCN(CC)CC(C)Nc1nccc(C(F)(F)F)n1. The van der Waals surface area contributed by atoms with Gasteiger partial charge in [0.2, 0.25) is 5.95 Å². The summed E-state index contributed by atoms with van der Waals surface area (Å²) in [4.78, 5) is 9.46. The molecule has 1 aromatic heterocycles. The van der Waals surface area contributed by atoms with E-state index in [9.17, 15) is 13.2 Å². The monoisotopic (exact) mass is 276 g/mol. The minimum atomic E-state index is -4.44. The van der Waals surface area contributed by atoms with Crippen molar-refractivity contribution in [2.75, 3.05) is 25.0 Å². The van der Waals surface area contributed by atoms with E-state index in [2.05, 4.69) is 20.2 Å². The second-order valence-corrected chi connectivity index (χ2v) is 4.29. The average molecular weight is 276 g/mol. The molecule has 0 saturated heterocycles. The van der Waals surface area contributed by atoms with Gasteiger partial charge in [0.1, 0.15) is 5.69 Å². The standard InChI is InChI=1S/C12H19F3N4/c1-4-19(5-2)8-9(3)17-11-16-7-6-10(18-11)12(13,14)15/h6-7,9H,4-5,8H2,1-3H3,(H,16,17,18). The summed E-state index contributed by atoms with van der Waals surface area (Å²) in [5.41, 5.74) is -0.931. The van der Waals surface area contributed by atoms with Crippen molar-refractivity contribution in [1.82, 2.24) is 14.9 Å². The zero-order valence-corrected chi connectivity index (χ0v) is 11.3. The van der Waals surface area contributed by atoms with Crippen LogP contribution in [0.1, 0.15) is 26.5 Å². The highest BCUT2D eigenvalue weighted by molar-refractivity contribution is 5.27. The van der Waals surface area contributed by atoms with Gasteiger partial charge in [-0.1, -0.05) is 13.8 Å². The van der Waals surface area contributed by atoms with Gasteiger partial charge in [0.15, 0.2) is 0 Å². The molecule has 1 atom stereocenters. The van der Waals surface area contributed by atoms with Crippen LogP contribution in [0, 0.1) is 0 Å². The summed E-state index contributed by atoms with van der Waals surface area (Å²) < 4.78 is 37.5. The Hall–Kier alpha value is -1.37. The topological polar surface area (TPSA) is 41.0 Å². The van der Waals surface area contributed by atoms with E-state index in [4.69, 9.17) is 0 Å². The number of nitrogens with zero attached hydrogens (tertiary/aromatic N) is 3. The maximum atomic E-state index is 12.5. The molecule has 108 valence electrons. The number of hydrogen-bond donors (Lipinski definition) is 1. The van der Waals surface area contributed by atoms with E-state index in [1.807, 2.05) is 20.8 Å². The highest BCUT2D eigenvalue weighted by atomic mass is 19.4. The van der Waals surface area contributed by atoms with Crippen molar-refractivity contribution in [3.63, 3.8) is 0 Å². The van der Waals surface area contributed by atoms with Crippen LogP contribution in [-0.2, 0) is 6.18 Å². The first-order valence-corrected chi connectivity index (χ1v) is 6.26. The Balaban J connectivity index is 2.67. The smallest absolute Gasteiger partial charge is 0.350 e. The summed E-state index contributed by atoms with van der Waals surface area (Å²) in [7, 11) is 0. The van der Waals surface area contributed by atoms with Crippen LogP contribution in [0.4, 0.5) is 19.1 Å². The normalized spacial score (nSPS) is 13.6. The van der Waals surface area contributed by atoms with Gasteiger partial charge in [-0.05, 0) is 26.1 Å². The van der Waals surface area contributed by atoms with E-state index in [0.717, 1.165) is 31.9 Å². The third kappa shape index (κ3) is 5.02. The van der Waals surface area contributed by atoms with E-state index in [0.29, 0.717) is 0 Å². The van der Waals surface area contributed by atoms with Crippen LogP contribution >= 0.6 is 0 Å². The van der Waals surface area contributed by atoms with Gasteiger partial charge in [-0.15, -0.1) is 0 Å². The second kappa shape index (κ2) is 6.70. The zero-order chi connectivity index (χ0) is 14.5. The molecule has 0 fully saturated rings. The maximum Gasteiger partial charge on any atom is 0.433 e. The molecule has 4 nitrogen and oxygen atoms in total. The maximum absolute atomic E-state index is 12.5. The lowest BCUT2D eigenvalue weighted by Crippen LogP contribution is -2.35. The Morgan fingerprint density at radius 1 is 1.32 bits per heavy atom. The molecule has 19 heavy (non-hydrogen) atoms. The highest BCUT2D eigenvalue weighted by Crippen LogP contribution is 2.27. The number of halogens is 3. The molecule has 0 aromatic carbocycles. The Morgan fingerprint density at radius 2 is 1.95 bits per heavy atom. The van der Waals surface area contributed by atoms with Crippen LogP contribution in [0.5, 0.6) is 0 Å². The molecular formula is C12H19F3N4. The van der Waals surface area contributed by atoms with Crippen molar-refractivity contribution in [2.24, 2.45) is 0 Å². The fourth-order valence-corrected chi connectivity index (χ4v) is 1.72. The molecule has 0 radical (unpaired) electrons. The fourth-order valence-electron chi connectivity index (χ4n) is 1.72. The van der Waals surface area contributed by atoms with Gasteiger partial charge in [-0.2, -0.15) is 13.2 Å². The van der Waals surface area contributed by atoms with Crippen molar-refractivity contribution < 1.29 is 13.2 Å². The van der Waals surface area contributed by atoms with Crippen LogP contribution in [-0.4, -0.2) is 40.5 Å². The number of hydrogen-bond acceptors (Lipinski definition) is 4. The number of rotatable bonds is 6. The number of likely N-dealkylation sites (N-methyl/N-ethyl adjacent to an activating group) is 1. The Bertz CT molecular complexity index is 391. The Morgan fingerprint density at radius 3 is 2.47 bits per heavy atom. The second-order valence-electron chi connectivity index (χ2n) is 4.29. The highest BCUT2D eigenvalue weighted by Gasteiger charge is 2.32. The molecule has 1 aromatic rings. The van der Waals surface area contributed by atoms with Gasteiger partial charge in [0.05, 0.1) is 0 Å². The predicted octanol–water partition coefficient (Wildman–Crippen LogP) is 2.64. The summed E-state index contributed by atoms with van der Waals surface area (Å²) in [6, 6.07) is 0.837. The first-order chi connectivity index (χ1) is 8.86. The first kappa shape index (κ1) is 15.7. The van der Waals surface area contributed by atoms with Gasteiger partial charge < -0.3 is 10.2 Å². The van der Waals surface area contributed by atoms with Gasteiger partial charge in [0.25, 0.3) is 0 Å². The van der Waals surface area contributed by atoms with Gasteiger partial charge in [-0.3, -0.25) is 0 Å². The van der Waals surface area contributed by atoms with E-state index in [1.54, 1.807) is 0 Å². The van der Waals surface area contributed by atoms with Gasteiger partial charge in [-0.25, -0.2) is 9.97 Å². The molecule has 7 heteroatoms. The molecule has 0 aliphatic heterocycles. The summed E-state index contributed by atoms with van der Waals surface area (Å²) in [5.74, 6) is 0.00878. The number of alkyl halides is 3. The number of anilines is 1. The quantitative estimate of drug-likeness (QED) is 0.867. The van der Waals surface area contributed by atoms with Crippen molar-refractivity contribution in [2.45, 2.75) is 33.0 Å². The minimum Gasteiger partial charge on any atom is -0.350 e. The van der Waals surface area contributed by atoms with E-state index < -0.39 is 11.9 Å². The Kier molecular flexibility index (Phi) is 5.53. The molecular weight excluding hydrogens is 257 g/mol. The van der Waals surface area contributed by atoms with Crippen LogP contribution in [0.25, 0.3) is 0 Å². The molecule has 0 aliphatic carbocycles. The molecule has 0 aliphatic rings. The molecule has 0 bridgehead atoms. The zero-order valence-electron chi connectivity index (χ0n) is 11.3. The lowest BCUT2D eigenvalue weighted by molar-refractivity contribution is -0.141. The molecule has 0 spiro atoms. The molecule has 1 unspecified atom stereocenters. The molecule has 0 saturated carbocycles. The number of aromatic nitrogens is 2. The molecule has 1 N–H and O–H groups in total. The fraction of sp³-hybridized carbons (Fsp3) is 0.667. The first-order valence-electron chi connectivity index (χ1n) is 6.26. The van der Waals surface area contributed by atoms with Crippen molar-refractivity contribution in [1.29, 1.82) is 0 Å². The van der Waals surface area contributed by atoms with E-state index >= 15 is 0 Å². The third-order valence-electron chi connectivity index (χ3n) is 2.75. The average Bonchev–Trinajstić information content (AvgIpc) is 2.35. The van der Waals surface area contributed by atoms with Gasteiger partial charge in [0, 0.05) is 18.8 Å². The molecule has 1 rings (SSSR count). The summed E-state index contributed by atoms with van der Waals surface area (Å²) in [5, 5.41) is 2.89. The van der Waals surface area contributed by atoms with Crippen molar-refractivity contribution >= 4 is 5.95 Å². The number of nitrogens with one attached hydrogen (secondary N) is 1. The van der Waals surface area contributed by atoms with Crippen molar-refractivity contribution in [3.05, 3.63) is 18.0 Å². The summed E-state index contributed by atoms with van der Waals surface area (Å²) in [6.45, 7) is 8.49. The summed E-state index contributed by atoms with van der Waals surface area (Å²) in [6.07, 6.45) is -3.33. The van der Waals surface area contributed by atoms with Crippen molar-refractivity contribution in [3.8, 4) is 0 Å². The Labute approximate surface area is 111 Å². The summed E-state index contributed by atoms with van der Waals surface area (Å²) >= 11 is 0. The molecule has 1 heterocycles.